The number of unbranched alkanes of at least 4 members (excludes halogenated alkanes) is 4. The molecule has 2 unspecified atom stereocenters. The molecule has 4 aromatic rings. The number of fused-ring (bicyclic) bond motifs is 6. The Bertz CT molecular complexity index is 1710. The van der Waals surface area contributed by atoms with Gasteiger partial charge in [-0.15, -0.1) is 0 Å². The first-order valence-corrected chi connectivity index (χ1v) is 31.9. The Morgan fingerprint density at radius 1 is 0.565 bits per heavy atom. The number of aryl methyl sites for hydroxylation is 2. The van der Waals surface area contributed by atoms with Crippen LogP contribution in [0, 0.1) is 13.8 Å². The summed E-state index contributed by atoms with van der Waals surface area (Å²) < 4.78 is 7.06. The molecule has 1 aliphatic heterocycles. The average Bonchev–Trinajstić information content (AvgIpc) is 3.65. The zero-order chi connectivity index (χ0) is 32.1. The van der Waals surface area contributed by atoms with E-state index in [0.29, 0.717) is 7.35 Å². The number of hydrogen-bond acceptors (Lipinski definition) is 0. The Morgan fingerprint density at radius 2 is 1.00 bits per heavy atom. The Labute approximate surface area is 284 Å². The van der Waals surface area contributed by atoms with E-state index in [1.807, 2.05) is 10.4 Å². The molecule has 7 rings (SSSR count). The normalized spacial score (nSPS) is 20.0. The molecule has 0 radical (unpaired) electrons. The minimum absolute atomic E-state index is 0.693. The summed E-state index contributed by atoms with van der Waals surface area (Å²) in [5, 5.41) is 3.91. The molecular formula is C44H52HfSi. The zero-order valence-electron chi connectivity index (χ0n) is 29.0. The van der Waals surface area contributed by atoms with Crippen LogP contribution in [0.3, 0.4) is 0 Å². The van der Waals surface area contributed by atoms with E-state index in [1.54, 1.807) is 22.3 Å². The van der Waals surface area contributed by atoms with E-state index in [-0.39, 0.29) is 0 Å². The molecule has 2 atom stereocenters. The van der Waals surface area contributed by atoms with E-state index in [4.69, 9.17) is 0 Å². The molecule has 3 aliphatic rings. The molecule has 0 bridgehead atoms. The first-order chi connectivity index (χ1) is 22.3. The van der Waals surface area contributed by atoms with Crippen molar-refractivity contribution in [2.45, 2.75) is 95.0 Å². The van der Waals surface area contributed by atoms with Gasteiger partial charge in [0.05, 0.1) is 0 Å². The third kappa shape index (κ3) is 5.27. The SMILES string of the molecule is CCCCC[Si]1(CCCCC)C2=Cc3c(-c4cccc(C)c4)cccc3[CH]2[Hf]([CH3])([CH3])[CH]2C1=Cc1c(-c3cccc(C)c3)cccc12. The Hall–Kier alpha value is -2.55. The van der Waals surface area contributed by atoms with Crippen LogP contribution in [0.5, 0.6) is 0 Å². The molecule has 1 fully saturated rings. The van der Waals surface area contributed by atoms with Crippen molar-refractivity contribution in [3.63, 3.8) is 0 Å². The molecular weight excluding hydrogens is 735 g/mol. The van der Waals surface area contributed by atoms with Crippen LogP contribution in [0.4, 0.5) is 0 Å². The number of benzene rings is 4. The van der Waals surface area contributed by atoms with Gasteiger partial charge in [0.25, 0.3) is 0 Å². The molecule has 0 nitrogen and oxygen atoms in total. The summed E-state index contributed by atoms with van der Waals surface area (Å²) in [5.41, 5.74) is 14.9. The molecule has 2 heteroatoms. The van der Waals surface area contributed by atoms with E-state index in [9.17, 15) is 0 Å². The molecule has 0 aromatic heterocycles. The molecule has 0 spiro atoms. The maximum atomic E-state index is 2.84. The Morgan fingerprint density at radius 3 is 1.41 bits per heavy atom. The summed E-state index contributed by atoms with van der Waals surface area (Å²) in [6.07, 6.45) is 13.7. The quantitative estimate of drug-likeness (QED) is 0.111. The van der Waals surface area contributed by atoms with Gasteiger partial charge in [-0.05, 0) is 0 Å². The summed E-state index contributed by atoms with van der Waals surface area (Å²) in [5.74, 6) is 0. The fraction of sp³-hybridized carbons (Fsp3) is 0.364. The van der Waals surface area contributed by atoms with Gasteiger partial charge in [0.2, 0.25) is 0 Å². The van der Waals surface area contributed by atoms with E-state index >= 15 is 0 Å². The summed E-state index contributed by atoms with van der Waals surface area (Å²) in [6.45, 7) is 9.24. The average molecular weight is 787 g/mol. The van der Waals surface area contributed by atoms with Crippen LogP contribution in [-0.2, 0) is 20.0 Å². The number of rotatable bonds is 10. The van der Waals surface area contributed by atoms with Crippen molar-refractivity contribution in [3.8, 4) is 22.3 Å². The summed E-state index contributed by atoms with van der Waals surface area (Å²) >= 11 is -3.10. The second-order valence-corrected chi connectivity index (χ2v) is 36.8. The summed E-state index contributed by atoms with van der Waals surface area (Å²) in [7, 11) is -1.99. The van der Waals surface area contributed by atoms with Crippen molar-refractivity contribution in [1.29, 1.82) is 0 Å². The number of allylic oxidation sites excluding steroid dienone is 2. The van der Waals surface area contributed by atoms with Crippen LogP contribution in [-0.4, -0.2) is 8.07 Å². The van der Waals surface area contributed by atoms with Crippen LogP contribution in [0.1, 0.15) is 93.1 Å². The standard InChI is InChI=1S/C42H46Si.2CH3.Hf/c1-5-7-9-23-43(24-10-8-6-2,37-27-35-19-13-21-39(41(35)29-37)33-17-11-15-31(3)25-33)38-28-36-20-14-22-40(42(36)30-38)34-18-12-16-32(4)26-34;;;/h11-22,25-30H,5-10,23-24H2,1-4H3;2*1H3;. The molecule has 236 valence electrons. The van der Waals surface area contributed by atoms with Gasteiger partial charge >= 0.3 is 286 Å². The van der Waals surface area contributed by atoms with Gasteiger partial charge in [-0.1, -0.05) is 0 Å². The van der Waals surface area contributed by atoms with E-state index < -0.39 is 28.0 Å². The van der Waals surface area contributed by atoms with E-state index in [0.717, 1.165) is 0 Å². The van der Waals surface area contributed by atoms with Crippen molar-refractivity contribution in [3.05, 3.63) is 129 Å². The fourth-order valence-electron chi connectivity index (χ4n) is 9.75. The predicted octanol–water partition coefficient (Wildman–Crippen LogP) is 13.4. The van der Waals surface area contributed by atoms with Gasteiger partial charge in [0, 0.05) is 0 Å². The van der Waals surface area contributed by atoms with Gasteiger partial charge in [-0.2, -0.15) is 0 Å². The predicted molar refractivity (Wildman–Crippen MR) is 201 cm³/mol. The Kier molecular flexibility index (Phi) is 8.92. The first-order valence-electron chi connectivity index (χ1n) is 18.1. The summed E-state index contributed by atoms with van der Waals surface area (Å²) in [4.78, 5) is 0. The van der Waals surface area contributed by atoms with Crippen molar-refractivity contribution in [2.24, 2.45) is 0 Å². The minimum atomic E-state index is -3.10. The maximum absolute atomic E-state index is 3.10. The zero-order valence-corrected chi connectivity index (χ0v) is 33.6. The molecule has 1 heterocycles. The fourth-order valence-corrected chi connectivity index (χ4v) is 42.6. The molecule has 46 heavy (non-hydrogen) atoms. The van der Waals surface area contributed by atoms with Crippen LogP contribution in [0.25, 0.3) is 34.4 Å². The molecule has 1 saturated heterocycles. The molecule has 0 amide bonds. The van der Waals surface area contributed by atoms with Gasteiger partial charge < -0.3 is 0 Å². The van der Waals surface area contributed by atoms with Crippen LogP contribution < -0.4 is 0 Å². The molecule has 2 aliphatic carbocycles. The first kappa shape index (κ1) is 32.0. The second kappa shape index (κ2) is 12.8. The van der Waals surface area contributed by atoms with Crippen molar-refractivity contribution < 1.29 is 20.0 Å². The van der Waals surface area contributed by atoms with Gasteiger partial charge in [-0.25, -0.2) is 0 Å². The van der Waals surface area contributed by atoms with E-state index in [1.165, 1.54) is 84.0 Å². The monoisotopic (exact) mass is 788 g/mol. The molecule has 0 N–H and O–H groups in total. The van der Waals surface area contributed by atoms with E-state index in [2.05, 4.69) is 134 Å². The van der Waals surface area contributed by atoms with Crippen LogP contribution in [0.15, 0.2) is 95.3 Å². The third-order valence-electron chi connectivity index (χ3n) is 11.8. The third-order valence-corrected chi connectivity index (χ3v) is 34.5. The van der Waals surface area contributed by atoms with Crippen LogP contribution >= 0.6 is 0 Å². The van der Waals surface area contributed by atoms with Gasteiger partial charge in [-0.3, -0.25) is 0 Å². The van der Waals surface area contributed by atoms with Crippen molar-refractivity contribution >= 4 is 20.2 Å². The Balaban J connectivity index is 1.48. The topological polar surface area (TPSA) is 0 Å². The van der Waals surface area contributed by atoms with Crippen molar-refractivity contribution in [1.82, 2.24) is 0 Å². The summed E-state index contributed by atoms with van der Waals surface area (Å²) in [6, 6.07) is 36.0. The van der Waals surface area contributed by atoms with Gasteiger partial charge in [0.1, 0.15) is 0 Å². The molecule has 0 saturated carbocycles. The van der Waals surface area contributed by atoms with Crippen molar-refractivity contribution in [2.75, 3.05) is 0 Å². The second-order valence-electron chi connectivity index (χ2n) is 15.2. The van der Waals surface area contributed by atoms with Gasteiger partial charge in [0.15, 0.2) is 0 Å². The number of hydrogen-bond donors (Lipinski definition) is 0. The van der Waals surface area contributed by atoms with Crippen LogP contribution in [0.2, 0.25) is 21.4 Å². The molecule has 4 aromatic carbocycles.